The zero-order valence-corrected chi connectivity index (χ0v) is 17.7. The van der Waals surface area contributed by atoms with Gasteiger partial charge in [0.15, 0.2) is 0 Å². The van der Waals surface area contributed by atoms with Crippen molar-refractivity contribution in [3.05, 3.63) is 70.3 Å². The molecule has 0 fully saturated rings. The van der Waals surface area contributed by atoms with Gasteiger partial charge in [-0.3, -0.25) is 17.6 Å². The predicted octanol–water partition coefficient (Wildman–Crippen LogP) is 6.45. The van der Waals surface area contributed by atoms with Crippen molar-refractivity contribution in [3.8, 4) is 0 Å². The molecule has 0 aliphatic rings. The molecule has 31 heavy (non-hydrogen) atoms. The molecule has 0 saturated carbocycles. The van der Waals surface area contributed by atoms with Crippen LogP contribution in [0, 0.1) is 81.1 Å². The molecule has 0 saturated heterocycles. The molecule has 2 nitrogen and oxygen atoms in total. The predicted molar refractivity (Wildman–Crippen MR) is 88.3 cm³/mol. The summed E-state index contributed by atoms with van der Waals surface area (Å²) in [5.74, 6) is -20.1. The van der Waals surface area contributed by atoms with Crippen LogP contribution in [0.3, 0.4) is 0 Å². The first-order valence-electron chi connectivity index (χ1n) is 7.39. The van der Waals surface area contributed by atoms with E-state index < -0.39 is 58.2 Å². The van der Waals surface area contributed by atoms with Crippen molar-refractivity contribution in [2.75, 3.05) is 0 Å². The summed E-state index contributed by atoms with van der Waals surface area (Å²) in [7, 11) is 0. The molecule has 0 atom stereocenters. The molecule has 2 aromatic carbocycles. The van der Waals surface area contributed by atoms with Gasteiger partial charge < -0.3 is 10.8 Å². The minimum Gasteiger partial charge on any atom is -0.310 e. The molecule has 0 aliphatic heterocycles. The number of hydrogen-bond acceptors (Lipinski definition) is 2. The summed E-state index contributed by atoms with van der Waals surface area (Å²) in [5, 5.41) is 13.0. The zero-order chi connectivity index (χ0) is 24.3. The molecular formula is C18H14F10N2Pd. The van der Waals surface area contributed by atoms with Gasteiger partial charge in [-0.25, -0.2) is 26.3 Å². The summed E-state index contributed by atoms with van der Waals surface area (Å²) in [6, 6.07) is 2.05. The smallest absolute Gasteiger partial charge is 0.310 e. The Labute approximate surface area is 185 Å². The van der Waals surface area contributed by atoms with Gasteiger partial charge in [0, 0.05) is 11.4 Å². The van der Waals surface area contributed by atoms with Crippen molar-refractivity contribution in [1.82, 2.24) is 0 Å². The van der Waals surface area contributed by atoms with E-state index in [-0.39, 0.29) is 20.4 Å². The first kappa shape index (κ1) is 33.4. The van der Waals surface area contributed by atoms with E-state index in [4.69, 9.17) is 10.8 Å². The second kappa shape index (κ2) is 15.5. The van der Waals surface area contributed by atoms with Crippen molar-refractivity contribution in [2.45, 2.75) is 27.7 Å². The maximum atomic E-state index is 12.0. The average molecular weight is 555 g/mol. The third-order valence-electron chi connectivity index (χ3n) is 1.98. The minimum atomic E-state index is -2.17. The second-order valence-electron chi connectivity index (χ2n) is 5.39. The summed E-state index contributed by atoms with van der Waals surface area (Å²) in [6.45, 7) is 7.00. The first-order valence-corrected chi connectivity index (χ1v) is 7.39. The molecule has 13 heteroatoms. The van der Waals surface area contributed by atoms with Crippen molar-refractivity contribution in [1.29, 1.82) is 10.8 Å². The molecule has 2 aromatic rings. The summed E-state index contributed by atoms with van der Waals surface area (Å²) < 4.78 is 120. The van der Waals surface area contributed by atoms with E-state index >= 15 is 0 Å². The SMILES string of the molecule is CC(C)=N.CC(C)=N.Fc1[c-]c(F)c(F)c(F)c1F.Fc1[c-]c(F)c(F)c(F)c1F.[Pd+2]. The van der Waals surface area contributed by atoms with Gasteiger partial charge in [0.2, 0.25) is 0 Å². The van der Waals surface area contributed by atoms with E-state index in [0.29, 0.717) is 11.4 Å². The Morgan fingerprint density at radius 2 is 0.581 bits per heavy atom. The molecule has 176 valence electrons. The van der Waals surface area contributed by atoms with E-state index in [1.807, 2.05) is 0 Å². The molecule has 0 heterocycles. The van der Waals surface area contributed by atoms with Crippen LogP contribution in [0.15, 0.2) is 0 Å². The molecule has 2 rings (SSSR count). The van der Waals surface area contributed by atoms with Crippen LogP contribution in [0.5, 0.6) is 0 Å². The maximum Gasteiger partial charge on any atom is 2.00 e. The van der Waals surface area contributed by atoms with Crippen molar-refractivity contribution in [3.63, 3.8) is 0 Å². The third kappa shape index (κ3) is 12.9. The van der Waals surface area contributed by atoms with Crippen LogP contribution >= 0.6 is 0 Å². The topological polar surface area (TPSA) is 47.7 Å². The maximum absolute atomic E-state index is 12.0. The van der Waals surface area contributed by atoms with E-state index in [2.05, 4.69) is 0 Å². The Morgan fingerprint density at radius 3 is 0.710 bits per heavy atom. The summed E-state index contributed by atoms with van der Waals surface area (Å²) in [4.78, 5) is 0. The summed E-state index contributed by atoms with van der Waals surface area (Å²) in [5.41, 5.74) is 1.33. The normalized spacial score (nSPS) is 8.97. The van der Waals surface area contributed by atoms with Gasteiger partial charge in [0.1, 0.15) is 0 Å². The van der Waals surface area contributed by atoms with Gasteiger partial charge in [0.25, 0.3) is 0 Å². The standard InChI is InChI=1S/2C6F5.2C3H7N.Pd/c2*7-2-1-3(8)5(10)6(11)4(2)9;2*1-3(2)4;/h;;2*4H,1-2H3;/q2*-1;;;+2. The third-order valence-corrected chi connectivity index (χ3v) is 1.98. The number of halogens is 10. The average Bonchev–Trinajstić information content (AvgIpc) is 2.61. The molecule has 0 spiro atoms. The van der Waals surface area contributed by atoms with Crippen LogP contribution < -0.4 is 0 Å². The van der Waals surface area contributed by atoms with E-state index in [0.717, 1.165) is 12.1 Å². The van der Waals surface area contributed by atoms with E-state index in [1.165, 1.54) is 0 Å². The van der Waals surface area contributed by atoms with E-state index in [9.17, 15) is 43.9 Å². The van der Waals surface area contributed by atoms with Crippen LogP contribution in [0.4, 0.5) is 43.9 Å². The molecule has 0 radical (unpaired) electrons. The van der Waals surface area contributed by atoms with E-state index in [1.54, 1.807) is 27.7 Å². The first-order chi connectivity index (χ1) is 13.5. The quantitative estimate of drug-likeness (QED) is 0.0939. The molecule has 2 N–H and O–H groups in total. The Balaban J connectivity index is -0.000000370. The summed E-state index contributed by atoms with van der Waals surface area (Å²) in [6.07, 6.45) is 0. The van der Waals surface area contributed by atoms with Crippen molar-refractivity contribution in [2.24, 2.45) is 0 Å². The Bertz CT molecular complexity index is 770. The fourth-order valence-electron chi connectivity index (χ4n) is 0.990. The molecule has 0 bridgehead atoms. The molecule has 0 unspecified atom stereocenters. The monoisotopic (exact) mass is 554 g/mol. The van der Waals surface area contributed by atoms with Crippen molar-refractivity contribution >= 4 is 11.4 Å². The van der Waals surface area contributed by atoms with Gasteiger partial charge in [-0.2, -0.15) is 0 Å². The zero-order valence-electron chi connectivity index (χ0n) is 16.1. The van der Waals surface area contributed by atoms with Crippen LogP contribution in [-0.4, -0.2) is 11.4 Å². The van der Waals surface area contributed by atoms with Gasteiger partial charge >= 0.3 is 20.4 Å². The Kier molecular flexibility index (Phi) is 16.7. The number of rotatable bonds is 0. The fraction of sp³-hybridized carbons (Fsp3) is 0.222. The number of benzene rings is 2. The second-order valence-corrected chi connectivity index (χ2v) is 5.39. The van der Waals surface area contributed by atoms with Crippen LogP contribution in [0.25, 0.3) is 0 Å². The number of hydrogen-bond donors (Lipinski definition) is 2. The number of nitrogens with one attached hydrogen (secondary N) is 2. The Hall–Kier alpha value is -2.26. The molecule has 0 aliphatic carbocycles. The Morgan fingerprint density at radius 1 is 0.452 bits per heavy atom. The van der Waals surface area contributed by atoms with Gasteiger partial charge in [-0.1, -0.05) is 0 Å². The molecule has 0 aromatic heterocycles. The van der Waals surface area contributed by atoms with Crippen molar-refractivity contribution < 1.29 is 64.3 Å². The molecular weight excluding hydrogens is 541 g/mol. The van der Waals surface area contributed by atoms with Gasteiger partial charge in [-0.15, -0.1) is 12.1 Å². The van der Waals surface area contributed by atoms with Gasteiger partial charge in [0.05, 0.1) is 58.2 Å². The van der Waals surface area contributed by atoms with Crippen LogP contribution in [0.1, 0.15) is 27.7 Å². The van der Waals surface area contributed by atoms with Crippen LogP contribution in [0.2, 0.25) is 0 Å². The fourth-order valence-corrected chi connectivity index (χ4v) is 0.990. The largest absolute Gasteiger partial charge is 2.00 e. The molecule has 0 amide bonds. The van der Waals surface area contributed by atoms with Gasteiger partial charge in [-0.05, 0) is 27.7 Å². The minimum absolute atomic E-state index is 0. The van der Waals surface area contributed by atoms with Crippen LogP contribution in [-0.2, 0) is 20.4 Å². The summed E-state index contributed by atoms with van der Waals surface area (Å²) >= 11 is 0.